The first-order valence-electron chi connectivity index (χ1n) is 5.36. The first-order valence-corrected chi connectivity index (χ1v) is 5.36. The summed E-state index contributed by atoms with van der Waals surface area (Å²) in [6, 6.07) is 7.39. The minimum atomic E-state index is -0.296. The standard InChI is InChI=1S/C12H17NO3/c1-2-15-10-5-7-11(8-6-10)16-9-3-4-12(13)14/h5-8H,2-4,9H2,1H3,(H2,13,14). The number of benzene rings is 1. The predicted molar refractivity (Wildman–Crippen MR) is 61.5 cm³/mol. The van der Waals surface area contributed by atoms with E-state index in [1.165, 1.54) is 0 Å². The maximum atomic E-state index is 10.5. The molecule has 0 aliphatic rings. The van der Waals surface area contributed by atoms with E-state index in [4.69, 9.17) is 15.2 Å². The van der Waals surface area contributed by atoms with Crippen molar-refractivity contribution in [3.8, 4) is 11.5 Å². The highest BCUT2D eigenvalue weighted by Crippen LogP contribution is 2.17. The van der Waals surface area contributed by atoms with Crippen LogP contribution in [0.25, 0.3) is 0 Å². The Labute approximate surface area is 95.3 Å². The first kappa shape index (κ1) is 12.4. The van der Waals surface area contributed by atoms with E-state index in [2.05, 4.69) is 0 Å². The van der Waals surface area contributed by atoms with Gasteiger partial charge in [-0.05, 0) is 37.6 Å². The molecule has 0 atom stereocenters. The Balaban J connectivity index is 2.29. The molecular formula is C12H17NO3. The van der Waals surface area contributed by atoms with Crippen LogP contribution >= 0.6 is 0 Å². The highest BCUT2D eigenvalue weighted by atomic mass is 16.5. The summed E-state index contributed by atoms with van der Waals surface area (Å²) < 4.78 is 10.7. The van der Waals surface area contributed by atoms with Crippen LogP contribution in [0.4, 0.5) is 0 Å². The summed E-state index contributed by atoms with van der Waals surface area (Å²) in [5.41, 5.74) is 5.01. The number of rotatable bonds is 7. The minimum Gasteiger partial charge on any atom is -0.494 e. The second-order valence-electron chi connectivity index (χ2n) is 3.32. The van der Waals surface area contributed by atoms with Crippen molar-refractivity contribution >= 4 is 5.91 Å². The zero-order valence-corrected chi connectivity index (χ0v) is 9.44. The first-order chi connectivity index (χ1) is 7.72. The molecule has 1 amide bonds. The maximum Gasteiger partial charge on any atom is 0.217 e. The lowest BCUT2D eigenvalue weighted by Crippen LogP contribution is -2.11. The van der Waals surface area contributed by atoms with Crippen LogP contribution in [-0.4, -0.2) is 19.1 Å². The van der Waals surface area contributed by atoms with Gasteiger partial charge in [0.05, 0.1) is 13.2 Å². The van der Waals surface area contributed by atoms with E-state index in [1.807, 2.05) is 31.2 Å². The van der Waals surface area contributed by atoms with E-state index in [-0.39, 0.29) is 5.91 Å². The lowest BCUT2D eigenvalue weighted by Gasteiger charge is -2.06. The largest absolute Gasteiger partial charge is 0.494 e. The molecule has 0 heterocycles. The number of carbonyl (C=O) groups excluding carboxylic acids is 1. The van der Waals surface area contributed by atoms with Crippen LogP contribution < -0.4 is 15.2 Å². The van der Waals surface area contributed by atoms with Gasteiger partial charge in [0.2, 0.25) is 5.91 Å². The van der Waals surface area contributed by atoms with Crippen LogP contribution in [0.5, 0.6) is 11.5 Å². The average molecular weight is 223 g/mol. The normalized spacial score (nSPS) is 9.81. The third kappa shape index (κ3) is 4.68. The highest BCUT2D eigenvalue weighted by Gasteiger charge is 1.97. The Morgan fingerprint density at radius 3 is 2.25 bits per heavy atom. The number of hydrogen-bond donors (Lipinski definition) is 1. The molecule has 0 saturated heterocycles. The van der Waals surface area contributed by atoms with Gasteiger partial charge in [0.15, 0.2) is 0 Å². The van der Waals surface area contributed by atoms with E-state index < -0.39 is 0 Å². The second-order valence-corrected chi connectivity index (χ2v) is 3.32. The molecule has 4 nitrogen and oxygen atoms in total. The van der Waals surface area contributed by atoms with Gasteiger partial charge in [-0.15, -0.1) is 0 Å². The molecule has 1 rings (SSSR count). The molecule has 4 heteroatoms. The van der Waals surface area contributed by atoms with Crippen molar-refractivity contribution in [2.24, 2.45) is 5.73 Å². The van der Waals surface area contributed by atoms with Crippen LogP contribution in [0, 0.1) is 0 Å². The average Bonchev–Trinajstić information content (AvgIpc) is 2.27. The van der Waals surface area contributed by atoms with E-state index in [0.29, 0.717) is 26.1 Å². The molecule has 0 spiro atoms. The Morgan fingerprint density at radius 1 is 1.19 bits per heavy atom. The zero-order valence-electron chi connectivity index (χ0n) is 9.44. The van der Waals surface area contributed by atoms with Crippen molar-refractivity contribution in [2.75, 3.05) is 13.2 Å². The fraction of sp³-hybridized carbons (Fsp3) is 0.417. The predicted octanol–water partition coefficient (Wildman–Crippen LogP) is 1.73. The number of nitrogens with two attached hydrogens (primary N) is 1. The van der Waals surface area contributed by atoms with Crippen molar-refractivity contribution in [2.45, 2.75) is 19.8 Å². The molecule has 1 aromatic carbocycles. The molecule has 0 fully saturated rings. The van der Waals surface area contributed by atoms with Gasteiger partial charge in [-0.1, -0.05) is 0 Å². The molecule has 88 valence electrons. The SMILES string of the molecule is CCOc1ccc(OCCCC(N)=O)cc1. The zero-order chi connectivity index (χ0) is 11.8. The lowest BCUT2D eigenvalue weighted by molar-refractivity contribution is -0.118. The molecule has 0 aromatic heterocycles. The maximum absolute atomic E-state index is 10.5. The topological polar surface area (TPSA) is 61.6 Å². The summed E-state index contributed by atoms with van der Waals surface area (Å²) in [7, 11) is 0. The molecule has 2 N–H and O–H groups in total. The summed E-state index contributed by atoms with van der Waals surface area (Å²) in [6.07, 6.45) is 1.000. The summed E-state index contributed by atoms with van der Waals surface area (Å²) in [5, 5.41) is 0. The van der Waals surface area contributed by atoms with Crippen LogP contribution in [0.1, 0.15) is 19.8 Å². The van der Waals surface area contributed by atoms with Crippen molar-refractivity contribution in [3.05, 3.63) is 24.3 Å². The third-order valence-electron chi connectivity index (χ3n) is 1.97. The monoisotopic (exact) mass is 223 g/mol. The minimum absolute atomic E-state index is 0.296. The number of hydrogen-bond acceptors (Lipinski definition) is 3. The summed E-state index contributed by atoms with van der Waals surface area (Å²) in [6.45, 7) is 3.09. The summed E-state index contributed by atoms with van der Waals surface area (Å²) in [5.74, 6) is 1.30. The van der Waals surface area contributed by atoms with Gasteiger partial charge >= 0.3 is 0 Å². The quantitative estimate of drug-likeness (QED) is 0.716. The van der Waals surface area contributed by atoms with Gasteiger partial charge in [0, 0.05) is 6.42 Å². The molecule has 0 radical (unpaired) electrons. The van der Waals surface area contributed by atoms with E-state index >= 15 is 0 Å². The van der Waals surface area contributed by atoms with Crippen LogP contribution in [0.2, 0.25) is 0 Å². The van der Waals surface area contributed by atoms with E-state index in [0.717, 1.165) is 11.5 Å². The van der Waals surface area contributed by atoms with Crippen molar-refractivity contribution in [1.29, 1.82) is 0 Å². The van der Waals surface area contributed by atoms with E-state index in [1.54, 1.807) is 0 Å². The summed E-state index contributed by atoms with van der Waals surface area (Å²) in [4.78, 5) is 10.5. The molecule has 0 aliphatic heterocycles. The lowest BCUT2D eigenvalue weighted by atomic mass is 10.3. The highest BCUT2D eigenvalue weighted by molar-refractivity contribution is 5.73. The van der Waals surface area contributed by atoms with Gasteiger partial charge in [0.1, 0.15) is 11.5 Å². The Hall–Kier alpha value is -1.71. The van der Waals surface area contributed by atoms with Gasteiger partial charge < -0.3 is 15.2 Å². The fourth-order valence-corrected chi connectivity index (χ4v) is 1.24. The molecule has 1 aromatic rings. The number of primary amides is 1. The molecule has 0 bridgehead atoms. The van der Waals surface area contributed by atoms with Gasteiger partial charge in [-0.3, -0.25) is 4.79 Å². The molecule has 0 aliphatic carbocycles. The molecule has 16 heavy (non-hydrogen) atoms. The Morgan fingerprint density at radius 2 is 1.75 bits per heavy atom. The molecule has 0 unspecified atom stereocenters. The third-order valence-corrected chi connectivity index (χ3v) is 1.97. The van der Waals surface area contributed by atoms with Crippen LogP contribution in [-0.2, 0) is 4.79 Å². The van der Waals surface area contributed by atoms with Crippen molar-refractivity contribution in [3.63, 3.8) is 0 Å². The smallest absolute Gasteiger partial charge is 0.217 e. The van der Waals surface area contributed by atoms with E-state index in [9.17, 15) is 4.79 Å². The number of amides is 1. The molecular weight excluding hydrogens is 206 g/mol. The summed E-state index contributed by atoms with van der Waals surface area (Å²) >= 11 is 0. The van der Waals surface area contributed by atoms with Crippen LogP contribution in [0.3, 0.4) is 0 Å². The fourth-order valence-electron chi connectivity index (χ4n) is 1.24. The number of carbonyl (C=O) groups is 1. The van der Waals surface area contributed by atoms with Gasteiger partial charge in [0.25, 0.3) is 0 Å². The Bertz CT molecular complexity index is 322. The van der Waals surface area contributed by atoms with Crippen molar-refractivity contribution < 1.29 is 14.3 Å². The van der Waals surface area contributed by atoms with Crippen LogP contribution in [0.15, 0.2) is 24.3 Å². The second kappa shape index (κ2) is 6.71. The molecule has 0 saturated carbocycles. The van der Waals surface area contributed by atoms with Crippen molar-refractivity contribution in [1.82, 2.24) is 0 Å². The van der Waals surface area contributed by atoms with Gasteiger partial charge in [-0.25, -0.2) is 0 Å². The Kier molecular flexibility index (Phi) is 5.19. The number of ether oxygens (including phenoxy) is 2. The van der Waals surface area contributed by atoms with Gasteiger partial charge in [-0.2, -0.15) is 0 Å².